The second kappa shape index (κ2) is 8.96. The summed E-state index contributed by atoms with van der Waals surface area (Å²) in [5.74, 6) is 0.952. The number of piperazine rings is 1. The first-order valence-electron chi connectivity index (χ1n) is 11.5. The molecule has 34 heavy (non-hydrogen) atoms. The van der Waals surface area contributed by atoms with Crippen molar-refractivity contribution in [2.45, 2.75) is 53.2 Å². The van der Waals surface area contributed by atoms with Crippen molar-refractivity contribution in [3.8, 4) is 0 Å². The zero-order valence-electron chi connectivity index (χ0n) is 20.7. The van der Waals surface area contributed by atoms with Crippen molar-refractivity contribution in [2.75, 3.05) is 24.5 Å². The van der Waals surface area contributed by atoms with E-state index in [9.17, 15) is 4.79 Å². The maximum atomic E-state index is 12.5. The fourth-order valence-corrected chi connectivity index (χ4v) is 4.14. The lowest BCUT2D eigenvalue weighted by Gasteiger charge is -2.41. The molecule has 0 spiro atoms. The van der Waals surface area contributed by atoms with E-state index < -0.39 is 5.60 Å². The second-order valence-electron chi connectivity index (χ2n) is 9.85. The third-order valence-electron chi connectivity index (χ3n) is 5.74. The number of ether oxygens (including phenoxy) is 1. The molecule has 3 aromatic heterocycles. The molecule has 0 bridgehead atoms. The van der Waals surface area contributed by atoms with Crippen LogP contribution in [-0.4, -0.2) is 62.7 Å². The van der Waals surface area contributed by atoms with Gasteiger partial charge in [0.1, 0.15) is 11.4 Å². The number of rotatable bonds is 3. The SMILES string of the molecule is Cc1cc2cc(C(N)=Nc3ccc(N4CCN(C(=O)OC(C)(C)C)C(C)C4)cn3)cc(C)n2n1. The van der Waals surface area contributed by atoms with Gasteiger partial charge in [0.2, 0.25) is 0 Å². The van der Waals surface area contributed by atoms with E-state index in [0.717, 1.165) is 28.2 Å². The Labute approximate surface area is 200 Å². The number of aromatic nitrogens is 3. The van der Waals surface area contributed by atoms with Crippen molar-refractivity contribution in [1.82, 2.24) is 19.5 Å². The summed E-state index contributed by atoms with van der Waals surface area (Å²) in [4.78, 5) is 25.5. The number of anilines is 1. The van der Waals surface area contributed by atoms with Gasteiger partial charge in [-0.25, -0.2) is 19.3 Å². The predicted molar refractivity (Wildman–Crippen MR) is 134 cm³/mol. The number of amides is 1. The van der Waals surface area contributed by atoms with Gasteiger partial charge in [0.25, 0.3) is 0 Å². The zero-order chi connectivity index (χ0) is 24.6. The van der Waals surface area contributed by atoms with Crippen LogP contribution in [0.25, 0.3) is 5.52 Å². The molecule has 4 rings (SSSR count). The molecule has 180 valence electrons. The first kappa shape index (κ1) is 23.5. The largest absolute Gasteiger partial charge is 0.444 e. The number of carbonyl (C=O) groups excluding carboxylic acids is 1. The van der Waals surface area contributed by atoms with E-state index in [1.807, 2.05) is 76.4 Å². The van der Waals surface area contributed by atoms with Crippen LogP contribution in [0.3, 0.4) is 0 Å². The average molecular weight is 464 g/mol. The Balaban J connectivity index is 1.44. The quantitative estimate of drug-likeness (QED) is 0.468. The highest BCUT2D eigenvalue weighted by atomic mass is 16.6. The van der Waals surface area contributed by atoms with E-state index in [2.05, 4.69) is 20.0 Å². The van der Waals surface area contributed by atoms with E-state index in [1.54, 1.807) is 11.1 Å². The molecular weight excluding hydrogens is 430 g/mol. The minimum absolute atomic E-state index is 0.0299. The number of amidine groups is 1. The van der Waals surface area contributed by atoms with Gasteiger partial charge in [0.05, 0.1) is 23.1 Å². The third kappa shape index (κ3) is 5.13. The van der Waals surface area contributed by atoms with Crippen LogP contribution in [0.1, 0.15) is 44.6 Å². The maximum absolute atomic E-state index is 12.5. The molecule has 1 atom stereocenters. The Morgan fingerprint density at radius 3 is 2.59 bits per heavy atom. The summed E-state index contributed by atoms with van der Waals surface area (Å²) in [7, 11) is 0. The van der Waals surface area contributed by atoms with Gasteiger partial charge < -0.3 is 20.3 Å². The molecule has 9 nitrogen and oxygen atoms in total. The molecule has 1 aliphatic heterocycles. The number of hydrogen-bond donors (Lipinski definition) is 1. The van der Waals surface area contributed by atoms with E-state index in [4.69, 9.17) is 10.5 Å². The first-order chi connectivity index (χ1) is 16.0. The van der Waals surface area contributed by atoms with Gasteiger partial charge in [-0.3, -0.25) is 0 Å². The molecule has 2 N–H and O–H groups in total. The van der Waals surface area contributed by atoms with Crippen LogP contribution in [0.2, 0.25) is 0 Å². The molecule has 0 saturated carbocycles. The molecule has 1 unspecified atom stereocenters. The van der Waals surface area contributed by atoms with E-state index >= 15 is 0 Å². The molecule has 4 heterocycles. The number of aryl methyl sites for hydroxylation is 2. The Hall–Kier alpha value is -3.62. The predicted octanol–water partition coefficient (Wildman–Crippen LogP) is 3.83. The summed E-state index contributed by atoms with van der Waals surface area (Å²) in [5, 5.41) is 4.48. The van der Waals surface area contributed by atoms with Gasteiger partial charge in [0.15, 0.2) is 5.82 Å². The lowest BCUT2D eigenvalue weighted by Crippen LogP contribution is -2.55. The summed E-state index contributed by atoms with van der Waals surface area (Å²) in [6.07, 6.45) is 1.54. The van der Waals surface area contributed by atoms with E-state index in [0.29, 0.717) is 31.3 Å². The van der Waals surface area contributed by atoms with Crippen LogP contribution in [0, 0.1) is 13.8 Å². The van der Waals surface area contributed by atoms with Gasteiger partial charge in [-0.2, -0.15) is 5.10 Å². The summed E-state index contributed by atoms with van der Waals surface area (Å²) >= 11 is 0. The van der Waals surface area contributed by atoms with Crippen LogP contribution >= 0.6 is 0 Å². The summed E-state index contributed by atoms with van der Waals surface area (Å²) in [6, 6.07) is 9.84. The highest BCUT2D eigenvalue weighted by molar-refractivity contribution is 5.99. The van der Waals surface area contributed by atoms with Crippen LogP contribution in [0.4, 0.5) is 16.3 Å². The van der Waals surface area contributed by atoms with E-state index in [1.165, 1.54) is 0 Å². The van der Waals surface area contributed by atoms with Crippen molar-refractivity contribution in [3.63, 3.8) is 0 Å². The smallest absolute Gasteiger partial charge is 0.410 e. The number of hydrogen-bond acceptors (Lipinski definition) is 6. The molecule has 1 aliphatic rings. The molecule has 0 aliphatic carbocycles. The Morgan fingerprint density at radius 2 is 1.94 bits per heavy atom. The van der Waals surface area contributed by atoms with Crippen molar-refractivity contribution in [3.05, 3.63) is 53.5 Å². The van der Waals surface area contributed by atoms with Crippen molar-refractivity contribution in [1.29, 1.82) is 0 Å². The van der Waals surface area contributed by atoms with Crippen LogP contribution in [0.15, 0.2) is 41.5 Å². The van der Waals surface area contributed by atoms with Gasteiger partial charge in [0, 0.05) is 36.9 Å². The lowest BCUT2D eigenvalue weighted by molar-refractivity contribution is 0.0159. The molecule has 1 fully saturated rings. The monoisotopic (exact) mass is 463 g/mol. The minimum atomic E-state index is -0.502. The Morgan fingerprint density at radius 1 is 1.18 bits per heavy atom. The van der Waals surface area contributed by atoms with Crippen LogP contribution in [-0.2, 0) is 4.74 Å². The Bertz CT molecular complexity index is 1220. The van der Waals surface area contributed by atoms with Gasteiger partial charge >= 0.3 is 6.09 Å². The molecule has 1 saturated heterocycles. The number of fused-ring (bicyclic) bond motifs is 1. The van der Waals surface area contributed by atoms with Gasteiger partial charge in [-0.1, -0.05) is 0 Å². The lowest BCUT2D eigenvalue weighted by atomic mass is 10.1. The normalized spacial score (nSPS) is 17.4. The molecule has 3 aromatic rings. The fourth-order valence-electron chi connectivity index (χ4n) is 4.14. The number of nitrogens with two attached hydrogens (primary N) is 1. The molecule has 9 heteroatoms. The summed E-state index contributed by atoms with van der Waals surface area (Å²) in [6.45, 7) is 13.6. The van der Waals surface area contributed by atoms with Gasteiger partial charge in [-0.15, -0.1) is 0 Å². The fraction of sp³-hybridized carbons (Fsp3) is 0.440. The Kier molecular flexibility index (Phi) is 6.20. The van der Waals surface area contributed by atoms with Crippen LogP contribution in [0.5, 0.6) is 0 Å². The topological polar surface area (TPSA) is 101 Å². The molecular formula is C25H33N7O2. The average Bonchev–Trinajstić information content (AvgIpc) is 3.13. The first-order valence-corrected chi connectivity index (χ1v) is 11.5. The van der Waals surface area contributed by atoms with Crippen molar-refractivity contribution < 1.29 is 9.53 Å². The number of pyridine rings is 2. The summed E-state index contributed by atoms with van der Waals surface area (Å²) < 4.78 is 7.43. The van der Waals surface area contributed by atoms with Gasteiger partial charge in [-0.05, 0) is 71.9 Å². The van der Waals surface area contributed by atoms with E-state index in [-0.39, 0.29) is 12.1 Å². The minimum Gasteiger partial charge on any atom is -0.444 e. The number of aliphatic imine (C=N–C) groups is 1. The highest BCUT2D eigenvalue weighted by Crippen LogP contribution is 2.22. The zero-order valence-corrected chi connectivity index (χ0v) is 20.7. The number of carbonyl (C=O) groups is 1. The maximum Gasteiger partial charge on any atom is 0.410 e. The van der Waals surface area contributed by atoms with Crippen molar-refractivity contribution >= 4 is 29.0 Å². The third-order valence-corrected chi connectivity index (χ3v) is 5.74. The molecule has 0 aromatic carbocycles. The summed E-state index contributed by atoms with van der Waals surface area (Å²) in [5.41, 5.74) is 10.5. The number of nitrogens with zero attached hydrogens (tertiary/aromatic N) is 6. The highest BCUT2D eigenvalue weighted by Gasteiger charge is 2.31. The van der Waals surface area contributed by atoms with Crippen molar-refractivity contribution in [2.24, 2.45) is 10.7 Å². The van der Waals surface area contributed by atoms with Crippen LogP contribution < -0.4 is 10.6 Å². The second-order valence-corrected chi connectivity index (χ2v) is 9.85. The standard InChI is InChI=1S/C25H33N7O2/c1-16-11-21-13-19(12-17(2)32(21)29-16)23(26)28-22-8-7-20(14-27-22)30-9-10-31(18(3)15-30)24(33)34-25(4,5)6/h7-8,11-14,18H,9-10,15H2,1-6H3,(H2,26,27,28). The molecule has 1 amide bonds. The molecule has 0 radical (unpaired) electrons.